The first kappa shape index (κ1) is 29.8. The van der Waals surface area contributed by atoms with Gasteiger partial charge in [0.05, 0.1) is 4.90 Å². The van der Waals surface area contributed by atoms with Crippen LogP contribution in [0, 0.1) is 17.8 Å². The summed E-state index contributed by atoms with van der Waals surface area (Å²) in [7, 11) is -4.54. The van der Waals surface area contributed by atoms with Crippen LogP contribution in [-0.4, -0.2) is 31.3 Å². The lowest BCUT2D eigenvalue weighted by Gasteiger charge is -2.36. The molecule has 0 aliphatic heterocycles. The van der Waals surface area contributed by atoms with Crippen LogP contribution >= 0.6 is 15.9 Å². The van der Waals surface area contributed by atoms with Gasteiger partial charge in [0.25, 0.3) is 5.92 Å². The van der Waals surface area contributed by atoms with Gasteiger partial charge in [0.15, 0.2) is 5.78 Å². The van der Waals surface area contributed by atoms with Crippen LogP contribution in [0.25, 0.3) is 10.8 Å². The molecule has 1 heterocycles. The molecule has 2 bridgehead atoms. The Morgan fingerprint density at radius 1 is 0.977 bits per heavy atom. The van der Waals surface area contributed by atoms with Crippen LogP contribution in [0.2, 0.25) is 0 Å². The highest BCUT2D eigenvalue weighted by atomic mass is 79.9. The molecule has 3 aromatic carbocycles. The SMILES string of the molecule is NC1CC2CCC(C1)C2C(=O)[C@@H](NS(=O)(=O)c1ccc2cc(Oc3ccccn3)ccc2c1)C(F)(F)c1ccc(Br)cc1. The normalized spacial score (nSPS) is 22.8. The molecule has 1 aromatic heterocycles. The van der Waals surface area contributed by atoms with E-state index in [-0.39, 0.29) is 22.8 Å². The second-order valence-electron chi connectivity index (χ2n) is 11.4. The van der Waals surface area contributed by atoms with Crippen molar-refractivity contribution in [1.29, 1.82) is 0 Å². The van der Waals surface area contributed by atoms with E-state index in [1.165, 1.54) is 36.4 Å². The first-order valence-electron chi connectivity index (χ1n) is 14.1. The lowest BCUT2D eigenvalue weighted by Crippen LogP contribution is -2.55. The van der Waals surface area contributed by atoms with Crippen LogP contribution in [0.15, 0.2) is 94.4 Å². The Kier molecular flexibility index (Phi) is 8.10. The van der Waals surface area contributed by atoms with Gasteiger partial charge in [-0.05, 0) is 90.8 Å². The minimum absolute atomic E-state index is 0.0869. The Morgan fingerprint density at radius 3 is 2.33 bits per heavy atom. The predicted octanol–water partition coefficient (Wildman–Crippen LogP) is 6.56. The van der Waals surface area contributed by atoms with Crippen molar-refractivity contribution >= 4 is 42.5 Å². The molecular formula is C32H30BrF2N3O4S. The molecule has 2 fully saturated rings. The van der Waals surface area contributed by atoms with Crippen LogP contribution in [0.4, 0.5) is 8.78 Å². The van der Waals surface area contributed by atoms with Crippen molar-refractivity contribution in [1.82, 2.24) is 9.71 Å². The average molecular weight is 671 g/mol. The summed E-state index contributed by atoms with van der Waals surface area (Å²) < 4.78 is 68.3. The number of rotatable bonds is 9. The van der Waals surface area contributed by atoms with Gasteiger partial charge in [0.2, 0.25) is 15.9 Å². The van der Waals surface area contributed by atoms with Crippen molar-refractivity contribution in [2.75, 3.05) is 0 Å². The van der Waals surface area contributed by atoms with Gasteiger partial charge >= 0.3 is 0 Å². The fourth-order valence-electron chi connectivity index (χ4n) is 6.57. The number of nitrogens with zero attached hydrogens (tertiary/aromatic N) is 1. The number of fused-ring (bicyclic) bond motifs is 3. The molecule has 43 heavy (non-hydrogen) atoms. The standard InChI is InChI=1S/C32H30BrF2N3O4S/c33-24-10-8-23(9-11-24)32(34,35)31(30(39)29-21-4-5-22(29)16-25(36)15-21)38-43(40,41)27-13-7-19-17-26(12-6-20(19)18-27)42-28-3-1-2-14-37-28/h1-3,6-14,17-18,21-22,25,29,31,38H,4-5,15-16,36H2/t21?,22?,25?,29?,31-/m1/s1. The van der Waals surface area contributed by atoms with E-state index in [0.29, 0.717) is 39.7 Å². The maximum absolute atomic E-state index is 16.2. The highest BCUT2D eigenvalue weighted by Crippen LogP contribution is 2.49. The van der Waals surface area contributed by atoms with Gasteiger partial charge in [-0.25, -0.2) is 13.4 Å². The molecule has 7 nitrogen and oxygen atoms in total. The van der Waals surface area contributed by atoms with Gasteiger partial charge in [0, 0.05) is 34.3 Å². The maximum atomic E-state index is 16.2. The third kappa shape index (κ3) is 6.08. The highest BCUT2D eigenvalue weighted by Gasteiger charge is 2.54. The fourth-order valence-corrected chi connectivity index (χ4v) is 8.07. The number of benzene rings is 3. The van der Waals surface area contributed by atoms with E-state index < -0.39 is 39.3 Å². The van der Waals surface area contributed by atoms with Crippen LogP contribution in [0.5, 0.6) is 11.6 Å². The topological polar surface area (TPSA) is 111 Å². The molecule has 3 atom stereocenters. The molecular weight excluding hydrogens is 640 g/mol. The molecule has 6 rings (SSSR count). The molecule has 224 valence electrons. The van der Waals surface area contributed by atoms with Crippen LogP contribution in [0.1, 0.15) is 31.2 Å². The van der Waals surface area contributed by atoms with Gasteiger partial charge < -0.3 is 10.5 Å². The van der Waals surface area contributed by atoms with E-state index >= 15 is 8.78 Å². The Morgan fingerprint density at radius 2 is 1.65 bits per heavy atom. The lowest BCUT2D eigenvalue weighted by atomic mass is 9.72. The minimum atomic E-state index is -4.54. The fraction of sp³-hybridized carbons (Fsp3) is 0.312. The Bertz CT molecular complexity index is 1740. The van der Waals surface area contributed by atoms with E-state index in [2.05, 4.69) is 25.6 Å². The first-order chi connectivity index (χ1) is 20.5. The smallest absolute Gasteiger partial charge is 0.296 e. The molecule has 0 amide bonds. The number of carbonyl (C=O) groups excluding carboxylic acids is 1. The van der Waals surface area contributed by atoms with Crippen molar-refractivity contribution in [3.8, 4) is 11.6 Å². The van der Waals surface area contributed by atoms with E-state index in [1.54, 1.807) is 48.7 Å². The van der Waals surface area contributed by atoms with Crippen molar-refractivity contribution < 1.29 is 26.7 Å². The third-order valence-electron chi connectivity index (χ3n) is 8.57. The molecule has 4 aromatic rings. The molecule has 11 heteroatoms. The number of ketones is 1. The molecule has 2 aliphatic carbocycles. The number of ether oxygens (including phenoxy) is 1. The number of Topliss-reactive ketones (excluding diaryl/α,β-unsaturated/α-hetero) is 1. The summed E-state index contributed by atoms with van der Waals surface area (Å²) in [6.07, 6.45) is 4.16. The summed E-state index contributed by atoms with van der Waals surface area (Å²) in [5.41, 5.74) is 5.72. The number of aromatic nitrogens is 1. The van der Waals surface area contributed by atoms with E-state index in [1.807, 2.05) is 0 Å². The molecule has 0 radical (unpaired) electrons. The molecule has 3 N–H and O–H groups in total. The number of hydrogen-bond acceptors (Lipinski definition) is 6. The Labute approximate surface area is 257 Å². The summed E-state index contributed by atoms with van der Waals surface area (Å²) in [6.45, 7) is 0. The first-order valence-corrected chi connectivity index (χ1v) is 16.4. The van der Waals surface area contributed by atoms with Crippen LogP contribution in [-0.2, 0) is 20.7 Å². The Balaban J connectivity index is 1.32. The van der Waals surface area contributed by atoms with Crippen molar-refractivity contribution in [2.24, 2.45) is 23.5 Å². The second-order valence-corrected chi connectivity index (χ2v) is 14.0. The number of nitrogens with one attached hydrogen (secondary N) is 1. The van der Waals surface area contributed by atoms with Gasteiger partial charge in [-0.15, -0.1) is 0 Å². The summed E-state index contributed by atoms with van der Waals surface area (Å²) in [4.78, 5) is 17.9. The summed E-state index contributed by atoms with van der Waals surface area (Å²) in [5, 5.41) is 1.23. The molecule has 2 aliphatic rings. The number of nitrogens with two attached hydrogens (primary N) is 1. The summed E-state index contributed by atoms with van der Waals surface area (Å²) in [6, 6.07) is 17.5. The van der Waals surface area contributed by atoms with Crippen molar-refractivity contribution in [3.05, 3.63) is 95.1 Å². The number of alkyl halides is 2. The quantitative estimate of drug-likeness (QED) is 0.209. The number of hydrogen-bond donors (Lipinski definition) is 2. The molecule has 0 saturated heterocycles. The lowest BCUT2D eigenvalue weighted by molar-refractivity contribution is -0.139. The molecule has 0 spiro atoms. The summed E-state index contributed by atoms with van der Waals surface area (Å²) in [5.74, 6) is -4.65. The predicted molar refractivity (Wildman–Crippen MR) is 162 cm³/mol. The zero-order valence-electron chi connectivity index (χ0n) is 23.0. The number of halogens is 3. The van der Waals surface area contributed by atoms with E-state index in [4.69, 9.17) is 10.5 Å². The number of carbonyl (C=O) groups is 1. The molecule has 2 saturated carbocycles. The molecule has 2 unspecified atom stereocenters. The summed E-state index contributed by atoms with van der Waals surface area (Å²) >= 11 is 3.24. The number of pyridine rings is 1. The maximum Gasteiger partial charge on any atom is 0.296 e. The van der Waals surface area contributed by atoms with Gasteiger partial charge in [-0.3, -0.25) is 4.79 Å². The zero-order valence-corrected chi connectivity index (χ0v) is 25.4. The monoisotopic (exact) mass is 669 g/mol. The van der Waals surface area contributed by atoms with Gasteiger partial charge in [0.1, 0.15) is 11.8 Å². The minimum Gasteiger partial charge on any atom is -0.439 e. The Hall–Kier alpha value is -3.25. The third-order valence-corrected chi connectivity index (χ3v) is 10.5. The van der Waals surface area contributed by atoms with Gasteiger partial charge in [-0.2, -0.15) is 13.5 Å². The van der Waals surface area contributed by atoms with Crippen molar-refractivity contribution in [3.63, 3.8) is 0 Å². The van der Waals surface area contributed by atoms with E-state index in [9.17, 15) is 13.2 Å². The average Bonchev–Trinajstić information content (AvgIpc) is 3.26. The highest BCUT2D eigenvalue weighted by molar-refractivity contribution is 9.10. The number of sulfonamides is 1. The largest absolute Gasteiger partial charge is 0.439 e. The van der Waals surface area contributed by atoms with Crippen molar-refractivity contribution in [2.45, 2.75) is 48.6 Å². The van der Waals surface area contributed by atoms with Crippen LogP contribution < -0.4 is 15.2 Å². The zero-order chi connectivity index (χ0) is 30.4. The van der Waals surface area contributed by atoms with Gasteiger partial charge in [-0.1, -0.05) is 46.3 Å². The van der Waals surface area contributed by atoms with Crippen LogP contribution in [0.3, 0.4) is 0 Å². The second kappa shape index (κ2) is 11.7. The van der Waals surface area contributed by atoms with E-state index in [0.717, 1.165) is 12.8 Å².